The Balaban J connectivity index is 2.35. The first-order valence-corrected chi connectivity index (χ1v) is 9.11. The van der Waals surface area contributed by atoms with E-state index in [-0.39, 0.29) is 16.8 Å². The number of carbonyl (C=O) groups is 1. The van der Waals surface area contributed by atoms with Gasteiger partial charge in [-0.1, -0.05) is 6.92 Å². The molecule has 2 atom stereocenters. The molecule has 0 aromatic carbocycles. The molecule has 0 aliphatic heterocycles. The highest BCUT2D eigenvalue weighted by Gasteiger charge is 2.37. The van der Waals surface area contributed by atoms with Gasteiger partial charge in [-0.2, -0.15) is 0 Å². The molecule has 6 nitrogen and oxygen atoms in total. The lowest BCUT2D eigenvalue weighted by atomic mass is 10.2. The van der Waals surface area contributed by atoms with Crippen molar-refractivity contribution in [2.75, 3.05) is 6.54 Å². The molecule has 0 radical (unpaired) electrons. The number of hydrogen-bond acceptors (Lipinski definition) is 3. The average Bonchev–Trinajstić information content (AvgIpc) is 2.96. The van der Waals surface area contributed by atoms with Crippen LogP contribution in [-0.2, 0) is 10.0 Å². The van der Waals surface area contributed by atoms with Crippen LogP contribution in [0.2, 0.25) is 0 Å². The molecule has 0 unspecified atom stereocenters. The lowest BCUT2D eigenvalue weighted by molar-refractivity contribution is 0.0687. The van der Waals surface area contributed by atoms with E-state index in [0.29, 0.717) is 35.3 Å². The van der Waals surface area contributed by atoms with Crippen molar-refractivity contribution in [1.82, 2.24) is 9.88 Å². The number of sulfonamides is 1. The van der Waals surface area contributed by atoms with E-state index in [1.807, 2.05) is 13.8 Å². The van der Waals surface area contributed by atoms with Crippen LogP contribution >= 0.6 is 0 Å². The highest BCUT2D eigenvalue weighted by atomic mass is 32.2. The smallest absolute Gasteiger partial charge is 0.270 e. The van der Waals surface area contributed by atoms with Crippen molar-refractivity contribution in [3.63, 3.8) is 0 Å². The molecule has 1 aromatic heterocycles. The Morgan fingerprint density at radius 2 is 1.95 bits per heavy atom. The molecule has 1 amide bonds. The van der Waals surface area contributed by atoms with Gasteiger partial charge in [-0.05, 0) is 51.5 Å². The molecule has 22 heavy (non-hydrogen) atoms. The van der Waals surface area contributed by atoms with E-state index < -0.39 is 10.0 Å². The maximum absolute atomic E-state index is 12.8. The third-order valence-electron chi connectivity index (χ3n) is 4.46. The second kappa shape index (κ2) is 5.70. The van der Waals surface area contributed by atoms with E-state index in [1.165, 1.54) is 0 Å². The lowest BCUT2D eigenvalue weighted by Gasteiger charge is -2.27. The summed E-state index contributed by atoms with van der Waals surface area (Å²) < 4.78 is 23.4. The van der Waals surface area contributed by atoms with E-state index in [4.69, 9.17) is 5.14 Å². The summed E-state index contributed by atoms with van der Waals surface area (Å²) in [7, 11) is -3.84. The summed E-state index contributed by atoms with van der Waals surface area (Å²) in [6, 6.07) is 0.0567. The molecule has 1 aliphatic carbocycles. The van der Waals surface area contributed by atoms with Crippen molar-refractivity contribution in [3.05, 3.63) is 17.0 Å². The molecule has 1 heterocycles. The number of aryl methyl sites for hydroxylation is 1. The normalized spacial score (nSPS) is 21.2. The van der Waals surface area contributed by atoms with Gasteiger partial charge < -0.3 is 9.88 Å². The van der Waals surface area contributed by atoms with Crippen LogP contribution in [-0.4, -0.2) is 36.8 Å². The minimum Gasteiger partial charge on any atom is -0.353 e. The molecule has 124 valence electrons. The molecule has 7 heteroatoms. The molecule has 0 spiro atoms. The number of rotatable bonds is 5. The molecule has 1 saturated carbocycles. The maximum atomic E-state index is 12.8. The molecule has 3 N–H and O–H groups in total. The molecule has 1 aliphatic rings. The molecule has 0 saturated heterocycles. The van der Waals surface area contributed by atoms with Crippen LogP contribution in [0, 0.1) is 25.7 Å². The predicted octanol–water partition coefficient (Wildman–Crippen LogP) is 1.79. The summed E-state index contributed by atoms with van der Waals surface area (Å²) in [6.07, 6.45) is 1.14. The van der Waals surface area contributed by atoms with Crippen molar-refractivity contribution < 1.29 is 13.2 Å². The number of amides is 1. The maximum Gasteiger partial charge on any atom is 0.270 e. The van der Waals surface area contributed by atoms with Crippen molar-refractivity contribution in [3.8, 4) is 0 Å². The summed E-state index contributed by atoms with van der Waals surface area (Å²) in [5.41, 5.74) is 1.13. The number of primary sulfonamides is 1. The molecule has 1 fully saturated rings. The first-order valence-electron chi connectivity index (χ1n) is 7.57. The van der Waals surface area contributed by atoms with Crippen molar-refractivity contribution >= 4 is 15.9 Å². The van der Waals surface area contributed by atoms with Crippen LogP contribution in [0.1, 0.15) is 48.9 Å². The Hall–Kier alpha value is -1.34. The molecular weight excluding hydrogens is 302 g/mol. The average molecular weight is 327 g/mol. The van der Waals surface area contributed by atoms with Crippen LogP contribution in [0.25, 0.3) is 0 Å². The number of nitrogens with one attached hydrogen (secondary N) is 1. The van der Waals surface area contributed by atoms with Gasteiger partial charge >= 0.3 is 0 Å². The largest absolute Gasteiger partial charge is 0.353 e. The molecule has 2 rings (SSSR count). The van der Waals surface area contributed by atoms with Gasteiger partial charge in [-0.3, -0.25) is 4.79 Å². The Labute approximate surface area is 132 Å². The quantitative estimate of drug-likeness (QED) is 0.863. The van der Waals surface area contributed by atoms with Crippen molar-refractivity contribution in [2.45, 2.75) is 52.0 Å². The third-order valence-corrected chi connectivity index (χ3v) is 5.64. The Kier molecular flexibility index (Phi) is 4.41. The monoisotopic (exact) mass is 327 g/mol. The van der Waals surface area contributed by atoms with Crippen LogP contribution in [0.3, 0.4) is 0 Å². The summed E-state index contributed by atoms with van der Waals surface area (Å²) in [5, 5.41) is 5.24. The zero-order valence-electron chi connectivity index (χ0n) is 13.8. The van der Waals surface area contributed by atoms with Gasteiger partial charge in [0.15, 0.2) is 0 Å². The van der Waals surface area contributed by atoms with Gasteiger partial charge in [-0.25, -0.2) is 13.6 Å². The number of aromatic nitrogens is 1. The zero-order valence-corrected chi connectivity index (χ0v) is 14.6. The summed E-state index contributed by atoms with van der Waals surface area (Å²) in [6.45, 7) is 10.1. The Morgan fingerprint density at radius 1 is 1.41 bits per heavy atom. The first kappa shape index (κ1) is 17.0. The molecular formula is C15H25N3O3S. The van der Waals surface area contributed by atoms with Crippen molar-refractivity contribution in [1.29, 1.82) is 0 Å². The van der Waals surface area contributed by atoms with Gasteiger partial charge in [0.25, 0.3) is 5.91 Å². The van der Waals surface area contributed by atoms with Gasteiger partial charge in [-0.15, -0.1) is 0 Å². The number of nitrogens with zero attached hydrogens (tertiary/aromatic N) is 1. The second-order valence-electron chi connectivity index (χ2n) is 6.65. The number of hydrogen-bond donors (Lipinski definition) is 2. The topological polar surface area (TPSA) is 96.3 Å². The lowest BCUT2D eigenvalue weighted by Crippen LogP contribution is -2.39. The fourth-order valence-electron chi connectivity index (χ4n) is 2.95. The van der Waals surface area contributed by atoms with E-state index in [1.54, 1.807) is 18.7 Å². The number of aromatic amines is 1. The van der Waals surface area contributed by atoms with Gasteiger partial charge in [0.1, 0.15) is 10.6 Å². The fraction of sp³-hybridized carbons (Fsp3) is 0.667. The first-order chi connectivity index (χ1) is 10.0. The van der Waals surface area contributed by atoms with Crippen LogP contribution in [0.15, 0.2) is 4.90 Å². The summed E-state index contributed by atoms with van der Waals surface area (Å²) in [4.78, 5) is 17.6. The van der Waals surface area contributed by atoms with E-state index >= 15 is 0 Å². The second-order valence-corrected chi connectivity index (χ2v) is 8.15. The molecule has 0 bridgehead atoms. The van der Waals surface area contributed by atoms with Gasteiger partial charge in [0.2, 0.25) is 10.0 Å². The zero-order chi connectivity index (χ0) is 16.8. The standard InChI is InChI=1S/C15H25N3O3S/c1-8(2)18(7-12-6-9(12)3)15(19)13-10(4)14(11(5)17-13)22(16,20)21/h8-9,12,17H,6-7H2,1-5H3,(H2,16,20,21)/t9-,12-/m1/s1. The fourth-order valence-corrected chi connectivity index (χ4v) is 3.96. The van der Waals surface area contributed by atoms with Crippen LogP contribution in [0.4, 0.5) is 0 Å². The highest BCUT2D eigenvalue weighted by Crippen LogP contribution is 2.39. The van der Waals surface area contributed by atoms with Gasteiger partial charge in [0, 0.05) is 18.3 Å². The Morgan fingerprint density at radius 3 is 2.32 bits per heavy atom. The SMILES string of the molecule is Cc1[nH]c(C(=O)N(C[C@H]2C[C@H]2C)C(C)C)c(C)c1S(N)(=O)=O. The van der Waals surface area contributed by atoms with Crippen LogP contribution in [0.5, 0.6) is 0 Å². The van der Waals surface area contributed by atoms with E-state index in [9.17, 15) is 13.2 Å². The van der Waals surface area contributed by atoms with E-state index in [2.05, 4.69) is 11.9 Å². The summed E-state index contributed by atoms with van der Waals surface area (Å²) >= 11 is 0. The molecule has 1 aromatic rings. The third kappa shape index (κ3) is 3.20. The highest BCUT2D eigenvalue weighted by molar-refractivity contribution is 7.89. The predicted molar refractivity (Wildman–Crippen MR) is 85.1 cm³/mol. The number of nitrogens with two attached hydrogens (primary N) is 1. The number of carbonyl (C=O) groups excluding carboxylic acids is 1. The Bertz CT molecular complexity index is 691. The number of H-pyrrole nitrogens is 1. The summed E-state index contributed by atoms with van der Waals surface area (Å²) in [5.74, 6) is 1.03. The van der Waals surface area contributed by atoms with E-state index in [0.717, 1.165) is 6.42 Å². The minimum atomic E-state index is -3.84. The minimum absolute atomic E-state index is 0.0272. The van der Waals surface area contributed by atoms with Crippen molar-refractivity contribution in [2.24, 2.45) is 17.0 Å². The van der Waals surface area contributed by atoms with Crippen LogP contribution < -0.4 is 5.14 Å². The van der Waals surface area contributed by atoms with Gasteiger partial charge in [0.05, 0.1) is 0 Å².